The Hall–Kier alpha value is -5.82. The van der Waals surface area contributed by atoms with E-state index >= 15 is 8.78 Å². The SMILES string of the molecule is CC1(C)CCC(CN2CCN(c3ccc(C(=O)NS(=O)(=O)c4ccc(NCC5CCOCC5)c([N+](=O)[O-])c4)c(N4CC(F)(F)Oc5nc6[nH]ccc6cc54)c3)CC2)=C(c2ccc(Cl)cc2)C1. The van der Waals surface area contributed by atoms with Crippen molar-refractivity contribution in [2.75, 3.05) is 74.1 Å². The molecule has 0 atom stereocenters. The van der Waals surface area contributed by atoms with Crippen molar-refractivity contribution < 1.29 is 36.4 Å². The minimum absolute atomic E-state index is 0.00948. The molecule has 1 amide bonds. The Morgan fingerprint density at radius 2 is 1.76 bits per heavy atom. The Labute approximate surface area is 386 Å². The van der Waals surface area contributed by atoms with Crippen LogP contribution in [0.2, 0.25) is 5.02 Å². The highest BCUT2D eigenvalue weighted by molar-refractivity contribution is 7.90. The van der Waals surface area contributed by atoms with E-state index in [9.17, 15) is 23.3 Å². The summed E-state index contributed by atoms with van der Waals surface area (Å²) in [7, 11) is -4.73. The van der Waals surface area contributed by atoms with Gasteiger partial charge in [0.25, 0.3) is 21.6 Å². The molecule has 0 spiro atoms. The van der Waals surface area contributed by atoms with Crippen molar-refractivity contribution >= 4 is 72.6 Å². The Morgan fingerprint density at radius 1 is 1.00 bits per heavy atom. The van der Waals surface area contributed by atoms with Gasteiger partial charge in [0.1, 0.15) is 23.6 Å². The van der Waals surface area contributed by atoms with E-state index in [1.807, 2.05) is 12.1 Å². The van der Waals surface area contributed by atoms with Crippen molar-refractivity contribution in [1.29, 1.82) is 0 Å². The van der Waals surface area contributed by atoms with E-state index < -0.39 is 44.1 Å². The number of amides is 1. The summed E-state index contributed by atoms with van der Waals surface area (Å²) < 4.78 is 71.4. The number of hydrogen-bond donors (Lipinski definition) is 3. The fourth-order valence-electron chi connectivity index (χ4n) is 9.33. The number of aromatic nitrogens is 2. The van der Waals surface area contributed by atoms with Crippen LogP contribution in [0.15, 0.2) is 89.5 Å². The number of allylic oxidation sites excluding steroid dienone is 1. The summed E-state index contributed by atoms with van der Waals surface area (Å²) in [5.41, 5.74) is 4.61. The second-order valence-corrected chi connectivity index (χ2v) is 20.4. The minimum Gasteiger partial charge on any atom is -0.411 e. The molecule has 3 aromatic carbocycles. The highest BCUT2D eigenvalue weighted by atomic mass is 35.5. The predicted octanol–water partition coefficient (Wildman–Crippen LogP) is 8.99. The van der Waals surface area contributed by atoms with Gasteiger partial charge in [0, 0.05) is 80.8 Å². The first-order valence-corrected chi connectivity index (χ1v) is 23.9. The summed E-state index contributed by atoms with van der Waals surface area (Å²) >= 11 is 6.24. The molecule has 2 saturated heterocycles. The van der Waals surface area contributed by atoms with Gasteiger partial charge in [0.05, 0.1) is 21.1 Å². The number of nitrogens with one attached hydrogen (secondary N) is 3. The van der Waals surface area contributed by atoms with Crippen molar-refractivity contribution in [2.45, 2.75) is 57.0 Å². The third kappa shape index (κ3) is 9.82. The van der Waals surface area contributed by atoms with E-state index in [2.05, 4.69) is 55.8 Å². The first-order valence-electron chi connectivity index (χ1n) is 22.1. The summed E-state index contributed by atoms with van der Waals surface area (Å²) in [4.78, 5) is 38.2. The largest absolute Gasteiger partial charge is 0.417 e. The van der Waals surface area contributed by atoms with Crippen LogP contribution in [-0.4, -0.2) is 99.3 Å². The van der Waals surface area contributed by atoms with E-state index in [0.29, 0.717) is 67.7 Å². The zero-order valence-corrected chi connectivity index (χ0v) is 38.2. The standard InChI is InChI=1S/C47H51ClF2N8O7S/c1-46(2)15-11-33(38(26-46)31-3-5-34(48)6-4-31)28-55-17-19-56(20-18-55)35-7-9-37(40(24-35)57-29-47(49,50)65-45-42(57)23-32-12-16-51-43(32)53-45)44(59)54-66(62,63)36-8-10-39(41(25-36)58(60)61)52-27-30-13-21-64-22-14-30/h3-10,12,16,23-25,30,52H,11,13-15,17-22,26-29H2,1-2H3,(H,51,53)(H,54,59). The summed E-state index contributed by atoms with van der Waals surface area (Å²) in [5, 5.41) is 16.5. The van der Waals surface area contributed by atoms with Gasteiger partial charge in [-0.1, -0.05) is 43.2 Å². The maximum Gasteiger partial charge on any atom is 0.417 e. The zero-order chi connectivity index (χ0) is 46.4. The quantitative estimate of drug-likeness (QED) is 0.0801. The van der Waals surface area contributed by atoms with Crippen molar-refractivity contribution in [3.8, 4) is 5.88 Å². The predicted molar refractivity (Wildman–Crippen MR) is 250 cm³/mol. The molecule has 3 N–H and O–H groups in total. The van der Waals surface area contributed by atoms with Crippen LogP contribution in [0.25, 0.3) is 16.6 Å². The number of nitrogens with zero attached hydrogens (tertiary/aromatic N) is 5. The highest BCUT2D eigenvalue weighted by Crippen LogP contribution is 2.46. The van der Waals surface area contributed by atoms with Crippen LogP contribution in [-0.2, 0) is 14.8 Å². The van der Waals surface area contributed by atoms with Crippen LogP contribution < -0.4 is 24.6 Å². The maximum atomic E-state index is 15.6. The molecule has 0 saturated carbocycles. The molecule has 2 aromatic heterocycles. The molecule has 0 radical (unpaired) electrons. The third-order valence-corrected chi connectivity index (χ3v) is 14.6. The number of pyridine rings is 1. The highest BCUT2D eigenvalue weighted by Gasteiger charge is 2.43. The van der Waals surface area contributed by atoms with Gasteiger partial charge in [-0.25, -0.2) is 13.1 Å². The zero-order valence-electron chi connectivity index (χ0n) is 36.6. The maximum absolute atomic E-state index is 15.6. The summed E-state index contributed by atoms with van der Waals surface area (Å²) in [6.07, 6.45) is 2.45. The average molecular weight is 945 g/mol. The molecule has 9 rings (SSSR count). The fraction of sp³-hybridized carbons (Fsp3) is 0.404. The van der Waals surface area contributed by atoms with Gasteiger partial charge < -0.3 is 29.6 Å². The molecule has 15 nitrogen and oxygen atoms in total. The van der Waals surface area contributed by atoms with E-state index in [0.717, 1.165) is 44.7 Å². The normalized spacial score (nSPS) is 19.0. The molecule has 66 heavy (non-hydrogen) atoms. The smallest absolute Gasteiger partial charge is 0.411 e. The molecule has 348 valence electrons. The Kier molecular flexibility index (Phi) is 12.4. The number of nitro groups is 1. The number of nitro benzene ring substituents is 1. The molecule has 1 aliphatic carbocycles. The molecule has 19 heteroatoms. The number of rotatable bonds is 12. The fourth-order valence-corrected chi connectivity index (χ4v) is 10.4. The Balaban J connectivity index is 0.999. The number of ether oxygens (including phenoxy) is 2. The molecule has 0 unspecified atom stereocenters. The number of sulfonamides is 1. The molecular weight excluding hydrogens is 894 g/mol. The van der Waals surface area contributed by atoms with Gasteiger partial charge in [-0.05, 0) is 109 Å². The van der Waals surface area contributed by atoms with Crippen molar-refractivity contribution in [2.24, 2.45) is 11.3 Å². The lowest BCUT2D eigenvalue weighted by Gasteiger charge is -2.40. The van der Waals surface area contributed by atoms with E-state index in [4.69, 9.17) is 21.1 Å². The lowest BCUT2D eigenvalue weighted by Crippen LogP contribution is -2.47. The van der Waals surface area contributed by atoms with Crippen LogP contribution in [0.1, 0.15) is 61.9 Å². The van der Waals surface area contributed by atoms with Gasteiger partial charge in [-0.3, -0.25) is 19.8 Å². The van der Waals surface area contributed by atoms with Crippen molar-refractivity contribution in [3.05, 3.63) is 111 Å². The van der Waals surface area contributed by atoms with E-state index in [1.54, 1.807) is 30.5 Å². The van der Waals surface area contributed by atoms with Crippen molar-refractivity contribution in [3.63, 3.8) is 0 Å². The minimum atomic E-state index is -4.73. The first-order chi connectivity index (χ1) is 31.5. The molecule has 5 heterocycles. The second kappa shape index (κ2) is 18.1. The van der Waals surface area contributed by atoms with Crippen LogP contribution in [0.5, 0.6) is 5.88 Å². The molecular formula is C47H51ClF2N8O7S. The molecule has 0 bridgehead atoms. The topological polar surface area (TPSA) is 175 Å². The summed E-state index contributed by atoms with van der Waals surface area (Å²) in [6, 6.07) is 19.4. The number of benzene rings is 3. The number of carbonyl (C=O) groups excluding carboxylic acids is 1. The Morgan fingerprint density at radius 3 is 2.50 bits per heavy atom. The lowest BCUT2D eigenvalue weighted by molar-refractivity contribution is -0.384. The second-order valence-electron chi connectivity index (χ2n) is 18.3. The number of halogens is 3. The van der Waals surface area contributed by atoms with Gasteiger partial charge in [0.2, 0.25) is 5.88 Å². The van der Waals surface area contributed by atoms with Gasteiger partial charge in [-0.15, -0.1) is 0 Å². The Bertz CT molecular complexity index is 2810. The van der Waals surface area contributed by atoms with Crippen LogP contribution in [0, 0.1) is 21.4 Å². The molecule has 3 aliphatic heterocycles. The van der Waals surface area contributed by atoms with E-state index in [-0.39, 0.29) is 39.8 Å². The molecule has 5 aromatic rings. The molecule has 2 fully saturated rings. The van der Waals surface area contributed by atoms with E-state index in [1.165, 1.54) is 39.8 Å². The van der Waals surface area contributed by atoms with Crippen molar-refractivity contribution in [1.82, 2.24) is 19.6 Å². The first kappa shape index (κ1) is 45.3. The monoisotopic (exact) mass is 944 g/mol. The summed E-state index contributed by atoms with van der Waals surface area (Å²) in [6.45, 7) is 8.60. The average Bonchev–Trinajstić information content (AvgIpc) is 3.75. The number of hydrogen-bond acceptors (Lipinski definition) is 12. The number of fused-ring (bicyclic) bond motifs is 2. The lowest BCUT2D eigenvalue weighted by atomic mass is 9.72. The number of aromatic amines is 1. The number of alkyl halides is 2. The van der Waals surface area contributed by atoms with Crippen LogP contribution in [0.3, 0.4) is 0 Å². The number of carbonyl (C=O) groups is 1. The van der Waals surface area contributed by atoms with Crippen LogP contribution in [0.4, 0.5) is 37.2 Å². The van der Waals surface area contributed by atoms with Gasteiger partial charge in [-0.2, -0.15) is 13.8 Å². The van der Waals surface area contributed by atoms with Crippen LogP contribution >= 0.6 is 11.6 Å². The molecule has 4 aliphatic rings. The number of piperazine rings is 1. The van der Waals surface area contributed by atoms with Gasteiger partial charge >= 0.3 is 6.11 Å². The summed E-state index contributed by atoms with van der Waals surface area (Å²) in [5.74, 6) is -1.28. The third-order valence-electron chi connectivity index (χ3n) is 13.0. The number of H-pyrrole nitrogens is 1. The number of anilines is 4. The van der Waals surface area contributed by atoms with Gasteiger partial charge in [0.15, 0.2) is 0 Å².